The highest BCUT2D eigenvalue weighted by Crippen LogP contribution is 2.01. The summed E-state index contributed by atoms with van der Waals surface area (Å²) in [5.74, 6) is -1.81. The maximum absolute atomic E-state index is 11.1. The van der Waals surface area contributed by atoms with Gasteiger partial charge in [-0.3, -0.25) is 29.1 Å². The highest BCUT2D eigenvalue weighted by molar-refractivity contribution is 5.69. The summed E-state index contributed by atoms with van der Waals surface area (Å²) in [6.07, 6.45) is 0. The molecular weight excluding hydrogens is 344 g/mol. The van der Waals surface area contributed by atoms with Crippen LogP contribution in [-0.4, -0.2) is 127 Å². The smallest absolute Gasteiger partial charge is 0.317 e. The van der Waals surface area contributed by atoms with Crippen molar-refractivity contribution in [2.75, 3.05) is 78.7 Å². The summed E-state index contributed by atoms with van der Waals surface area (Å²) in [6, 6.07) is 0. The van der Waals surface area contributed by atoms with Crippen LogP contribution in [-0.2, 0) is 19.1 Å². The Bertz CT molecular complexity index is 450. The summed E-state index contributed by atoms with van der Waals surface area (Å²) in [6.45, 7) is 8.11. The monoisotopic (exact) mass is 374 g/mol. The molecule has 0 amide bonds. The van der Waals surface area contributed by atoms with Gasteiger partial charge in [0.25, 0.3) is 6.47 Å². The van der Waals surface area contributed by atoms with Crippen LogP contribution in [0.5, 0.6) is 0 Å². The van der Waals surface area contributed by atoms with Gasteiger partial charge in [0, 0.05) is 52.4 Å². The summed E-state index contributed by atoms with van der Waals surface area (Å²) in [4.78, 5) is 40.5. The lowest BCUT2D eigenvalue weighted by atomic mass is 10.3. The fourth-order valence-corrected chi connectivity index (χ4v) is 2.86. The molecule has 0 aliphatic carbocycles. The van der Waals surface area contributed by atoms with Crippen LogP contribution in [0.3, 0.4) is 0 Å². The third kappa shape index (κ3) is 9.66. The standard InChI is InChI=1S/C16H30N4O6/c1-2-17-3-5-18(11-15(22)23)6-7-19(12-16(24)25)8-10-20(9-4-17)13-26-14-21/h14H,2-13H2,1H3,(H,22,23)(H,24,25). The minimum Gasteiger partial charge on any atom is -0.480 e. The van der Waals surface area contributed by atoms with Gasteiger partial charge in [-0.1, -0.05) is 6.92 Å². The number of rotatable bonds is 8. The van der Waals surface area contributed by atoms with Crippen molar-refractivity contribution in [2.24, 2.45) is 0 Å². The van der Waals surface area contributed by atoms with Gasteiger partial charge in [-0.2, -0.15) is 0 Å². The van der Waals surface area contributed by atoms with E-state index < -0.39 is 11.9 Å². The summed E-state index contributed by atoms with van der Waals surface area (Å²) in [5.41, 5.74) is 0. The molecule has 0 saturated carbocycles. The lowest BCUT2D eigenvalue weighted by Gasteiger charge is -2.32. The predicted molar refractivity (Wildman–Crippen MR) is 93.9 cm³/mol. The van der Waals surface area contributed by atoms with E-state index in [0.29, 0.717) is 45.7 Å². The molecule has 10 nitrogen and oxygen atoms in total. The molecule has 2 N–H and O–H groups in total. The molecule has 1 heterocycles. The second-order valence-electron chi connectivity index (χ2n) is 6.28. The predicted octanol–water partition coefficient (Wildman–Crippen LogP) is -1.47. The molecule has 1 fully saturated rings. The Hall–Kier alpha value is -1.75. The number of nitrogens with zero attached hydrogens (tertiary/aromatic N) is 4. The number of carbonyl (C=O) groups excluding carboxylic acids is 1. The molecule has 0 spiro atoms. The summed E-state index contributed by atoms with van der Waals surface area (Å²) < 4.78 is 4.86. The molecule has 0 radical (unpaired) electrons. The van der Waals surface area contributed by atoms with Crippen molar-refractivity contribution in [1.82, 2.24) is 19.6 Å². The highest BCUT2D eigenvalue weighted by Gasteiger charge is 2.18. The van der Waals surface area contributed by atoms with Crippen molar-refractivity contribution in [3.8, 4) is 0 Å². The average Bonchev–Trinajstić information content (AvgIpc) is 2.58. The van der Waals surface area contributed by atoms with Crippen LogP contribution in [0.15, 0.2) is 0 Å². The van der Waals surface area contributed by atoms with Crippen LogP contribution >= 0.6 is 0 Å². The van der Waals surface area contributed by atoms with Gasteiger partial charge in [0.2, 0.25) is 0 Å². The summed E-state index contributed by atoms with van der Waals surface area (Å²) >= 11 is 0. The van der Waals surface area contributed by atoms with Crippen molar-refractivity contribution in [1.29, 1.82) is 0 Å². The molecule has 1 aliphatic rings. The number of hydrogen-bond acceptors (Lipinski definition) is 8. The lowest BCUT2D eigenvalue weighted by Crippen LogP contribution is -2.48. The van der Waals surface area contributed by atoms with Crippen LogP contribution in [0.1, 0.15) is 6.92 Å². The largest absolute Gasteiger partial charge is 0.480 e. The van der Waals surface area contributed by atoms with Gasteiger partial charge in [0.05, 0.1) is 13.1 Å². The van der Waals surface area contributed by atoms with E-state index >= 15 is 0 Å². The minimum atomic E-state index is -0.922. The number of carbonyl (C=O) groups is 3. The van der Waals surface area contributed by atoms with Crippen LogP contribution in [0.4, 0.5) is 0 Å². The van der Waals surface area contributed by atoms with Crippen molar-refractivity contribution in [3.05, 3.63) is 0 Å². The molecule has 0 aromatic rings. The van der Waals surface area contributed by atoms with E-state index in [0.717, 1.165) is 19.6 Å². The van der Waals surface area contributed by atoms with Crippen LogP contribution < -0.4 is 0 Å². The third-order valence-corrected chi connectivity index (χ3v) is 4.42. The Labute approximate surface area is 153 Å². The molecule has 1 rings (SSSR count). The van der Waals surface area contributed by atoms with E-state index in [-0.39, 0.29) is 19.8 Å². The Kier molecular flexibility index (Phi) is 10.8. The molecule has 0 aromatic carbocycles. The summed E-state index contributed by atoms with van der Waals surface area (Å²) in [5, 5.41) is 18.2. The van der Waals surface area contributed by atoms with Gasteiger partial charge in [0.15, 0.2) is 0 Å². The van der Waals surface area contributed by atoms with E-state index in [1.807, 2.05) is 16.7 Å². The molecule has 10 heteroatoms. The summed E-state index contributed by atoms with van der Waals surface area (Å²) in [7, 11) is 0. The maximum Gasteiger partial charge on any atom is 0.317 e. The topological polar surface area (TPSA) is 114 Å². The van der Waals surface area contributed by atoms with Crippen molar-refractivity contribution in [3.63, 3.8) is 0 Å². The number of hydrogen-bond donors (Lipinski definition) is 2. The van der Waals surface area contributed by atoms with E-state index in [1.54, 1.807) is 4.90 Å². The molecule has 1 saturated heterocycles. The zero-order valence-corrected chi connectivity index (χ0v) is 15.4. The highest BCUT2D eigenvalue weighted by atomic mass is 16.5. The molecular formula is C16H30N4O6. The number of likely N-dealkylation sites (N-methyl/N-ethyl adjacent to an activating group) is 1. The van der Waals surface area contributed by atoms with Gasteiger partial charge in [0.1, 0.15) is 6.73 Å². The Morgan fingerprint density at radius 3 is 1.54 bits per heavy atom. The Balaban J connectivity index is 2.78. The van der Waals surface area contributed by atoms with Crippen molar-refractivity contribution in [2.45, 2.75) is 6.92 Å². The first-order valence-electron chi connectivity index (χ1n) is 8.82. The zero-order chi connectivity index (χ0) is 19.4. The van der Waals surface area contributed by atoms with Gasteiger partial charge in [-0.15, -0.1) is 0 Å². The molecule has 1 aliphatic heterocycles. The van der Waals surface area contributed by atoms with Crippen molar-refractivity contribution >= 4 is 18.4 Å². The molecule has 0 aromatic heterocycles. The number of carboxylic acid groups (broad SMARTS) is 2. The van der Waals surface area contributed by atoms with Crippen LogP contribution in [0.2, 0.25) is 0 Å². The van der Waals surface area contributed by atoms with Gasteiger partial charge < -0.3 is 19.8 Å². The minimum absolute atomic E-state index is 0.0578. The average molecular weight is 374 g/mol. The van der Waals surface area contributed by atoms with Gasteiger partial charge in [-0.25, -0.2) is 0 Å². The number of carboxylic acids is 2. The lowest BCUT2D eigenvalue weighted by molar-refractivity contribution is -0.140. The molecule has 0 atom stereocenters. The number of aliphatic carboxylic acids is 2. The zero-order valence-electron chi connectivity index (χ0n) is 15.4. The maximum atomic E-state index is 11.1. The molecule has 0 bridgehead atoms. The SMILES string of the molecule is CCN1CCN(COC=O)CCN(CC(=O)O)CCN(CC(=O)O)CC1. The second kappa shape index (κ2) is 12.6. The molecule has 150 valence electrons. The third-order valence-electron chi connectivity index (χ3n) is 4.42. The Morgan fingerprint density at radius 1 is 0.808 bits per heavy atom. The normalized spacial score (nSPS) is 20.0. The van der Waals surface area contributed by atoms with E-state index in [2.05, 4.69) is 4.90 Å². The number of ether oxygens (including phenoxy) is 1. The fourth-order valence-electron chi connectivity index (χ4n) is 2.86. The first kappa shape index (κ1) is 22.3. The Morgan fingerprint density at radius 2 is 1.19 bits per heavy atom. The molecule has 0 unspecified atom stereocenters. The van der Waals surface area contributed by atoms with Gasteiger partial charge in [-0.05, 0) is 6.54 Å². The van der Waals surface area contributed by atoms with Gasteiger partial charge >= 0.3 is 11.9 Å². The second-order valence-corrected chi connectivity index (χ2v) is 6.28. The van der Waals surface area contributed by atoms with Crippen LogP contribution in [0, 0.1) is 0 Å². The van der Waals surface area contributed by atoms with Crippen LogP contribution in [0.25, 0.3) is 0 Å². The quantitative estimate of drug-likeness (QED) is 0.488. The first-order valence-corrected chi connectivity index (χ1v) is 8.82. The fraction of sp³-hybridized carbons (Fsp3) is 0.812. The van der Waals surface area contributed by atoms with Crippen molar-refractivity contribution < 1.29 is 29.3 Å². The van der Waals surface area contributed by atoms with E-state index in [4.69, 9.17) is 14.9 Å². The molecule has 26 heavy (non-hydrogen) atoms. The van der Waals surface area contributed by atoms with E-state index in [1.165, 1.54) is 0 Å². The van der Waals surface area contributed by atoms with E-state index in [9.17, 15) is 14.4 Å². The first-order chi connectivity index (χ1) is 12.4.